The van der Waals surface area contributed by atoms with Gasteiger partial charge in [-0.25, -0.2) is 13.9 Å². The number of aryl methyl sites for hydroxylation is 4. The van der Waals surface area contributed by atoms with E-state index in [-0.39, 0.29) is 11.8 Å². The van der Waals surface area contributed by atoms with E-state index in [1.54, 1.807) is 16.4 Å². The monoisotopic (exact) mass is 617 g/mol. The van der Waals surface area contributed by atoms with Crippen LogP contribution >= 0.6 is 28.4 Å². The molecule has 1 unspecified atom stereocenters. The van der Waals surface area contributed by atoms with Gasteiger partial charge in [0.1, 0.15) is 5.69 Å². The second-order valence-corrected chi connectivity index (χ2v) is 10.9. The van der Waals surface area contributed by atoms with E-state index < -0.39 is 5.97 Å². The molecule has 0 aliphatic carbocycles. The number of nitrogens with zero attached hydrogens (tertiary/aromatic N) is 7. The largest absolute Gasteiger partial charge is 0.476 e. The lowest BCUT2D eigenvalue weighted by molar-refractivity contribution is 0.0691. The molecule has 0 spiro atoms. The van der Waals surface area contributed by atoms with E-state index in [0.29, 0.717) is 17.6 Å². The van der Waals surface area contributed by atoms with Gasteiger partial charge in [0.2, 0.25) is 5.88 Å². The highest BCUT2D eigenvalue weighted by Gasteiger charge is 2.24. The molecule has 1 N–H and O–H groups in total. The molecule has 12 heteroatoms. The van der Waals surface area contributed by atoms with Crippen molar-refractivity contribution in [3.8, 4) is 28.4 Å². The first kappa shape index (κ1) is 24.6. The number of fused-ring (bicyclic) bond motifs is 2. The van der Waals surface area contributed by atoms with Crippen molar-refractivity contribution in [2.45, 2.75) is 33.8 Å². The standard InChI is InChI=1S/C24H25IN7O3P/c1-11(2)35-23-19(12(3)27-31(23)6)17-10-16-20(29-32(36-25)22(16)13(4)26-17)14-7-8-18-15(9-14)21(24(33)34)28-30(18)5/h7-11,36H,1-6H3,(H,33,34). The summed E-state index contributed by atoms with van der Waals surface area (Å²) in [6, 6.07) is 7.72. The van der Waals surface area contributed by atoms with Crippen LogP contribution in [0.5, 0.6) is 5.88 Å². The van der Waals surface area contributed by atoms with Gasteiger partial charge in [-0.3, -0.25) is 9.67 Å². The van der Waals surface area contributed by atoms with Gasteiger partial charge in [-0.15, -0.1) is 0 Å². The van der Waals surface area contributed by atoms with Crippen LogP contribution in [-0.2, 0) is 14.1 Å². The van der Waals surface area contributed by atoms with E-state index in [9.17, 15) is 9.90 Å². The maximum absolute atomic E-state index is 11.8. The zero-order chi connectivity index (χ0) is 25.9. The second kappa shape index (κ2) is 9.11. The lowest BCUT2D eigenvalue weighted by Gasteiger charge is -2.12. The third-order valence-electron chi connectivity index (χ3n) is 6.01. The summed E-state index contributed by atoms with van der Waals surface area (Å²) in [5, 5.41) is 24.8. The zero-order valence-corrected chi connectivity index (χ0v) is 23.8. The Morgan fingerprint density at radius 2 is 1.81 bits per heavy atom. The summed E-state index contributed by atoms with van der Waals surface area (Å²) in [6.07, 6.45) is 0.351. The summed E-state index contributed by atoms with van der Waals surface area (Å²) in [7, 11) is 3.60. The topological polar surface area (TPSA) is 113 Å². The SMILES string of the molecule is Cc1nn(C)c(OC(C)C)c1-c1cc2c(-c3ccc4c(c3)c(C(=O)O)nn4C)nn(PI)c2c(C)n1. The first-order chi connectivity index (χ1) is 17.1. The maximum atomic E-state index is 11.8. The van der Waals surface area contributed by atoms with E-state index in [0.717, 1.165) is 50.3 Å². The molecule has 5 rings (SSSR count). The van der Waals surface area contributed by atoms with Crippen LogP contribution in [0.2, 0.25) is 0 Å². The average molecular weight is 617 g/mol. The average Bonchev–Trinajstić information content (AvgIpc) is 3.44. The van der Waals surface area contributed by atoms with Crippen LogP contribution < -0.4 is 4.74 Å². The van der Waals surface area contributed by atoms with Crippen LogP contribution in [0.4, 0.5) is 0 Å². The van der Waals surface area contributed by atoms with Gasteiger partial charge in [0.05, 0.1) is 46.2 Å². The second-order valence-electron chi connectivity index (χ2n) is 8.90. The molecule has 0 aliphatic heterocycles. The Balaban J connectivity index is 1.78. The number of halogens is 1. The molecule has 0 radical (unpaired) electrons. The van der Waals surface area contributed by atoms with Crippen LogP contribution in [0.1, 0.15) is 35.7 Å². The Morgan fingerprint density at radius 1 is 1.06 bits per heavy atom. The van der Waals surface area contributed by atoms with E-state index >= 15 is 0 Å². The quantitative estimate of drug-likeness (QED) is 0.204. The number of hydrogen-bond acceptors (Lipinski definition) is 6. The van der Waals surface area contributed by atoms with Crippen molar-refractivity contribution >= 4 is 56.2 Å². The molecule has 5 aromatic rings. The first-order valence-electron chi connectivity index (χ1n) is 11.3. The minimum absolute atomic E-state index is 0.0171. The number of pyridine rings is 1. The first-order valence-corrected chi connectivity index (χ1v) is 15.3. The van der Waals surface area contributed by atoms with Crippen LogP contribution in [0, 0.1) is 13.8 Å². The molecule has 4 heterocycles. The Morgan fingerprint density at radius 3 is 2.47 bits per heavy atom. The molecular weight excluding hydrogens is 592 g/mol. The Kier molecular flexibility index (Phi) is 6.24. The number of carboxylic acid groups (broad SMARTS) is 1. The zero-order valence-electron chi connectivity index (χ0n) is 20.7. The number of ether oxygens (including phenoxy) is 1. The smallest absolute Gasteiger partial charge is 0.357 e. The van der Waals surface area contributed by atoms with Crippen molar-refractivity contribution in [3.63, 3.8) is 0 Å². The maximum Gasteiger partial charge on any atom is 0.357 e. The third kappa shape index (κ3) is 3.94. The predicted molar refractivity (Wildman–Crippen MR) is 149 cm³/mol. The highest BCUT2D eigenvalue weighted by atomic mass is 127. The number of aromatic carboxylic acids is 1. The molecule has 10 nitrogen and oxygen atoms in total. The minimum Gasteiger partial charge on any atom is -0.476 e. The molecule has 1 aromatic carbocycles. The highest BCUT2D eigenvalue weighted by Crippen LogP contribution is 2.40. The van der Waals surface area contributed by atoms with Crippen molar-refractivity contribution in [1.82, 2.24) is 34.1 Å². The molecular formula is C24H25IN7O3P. The van der Waals surface area contributed by atoms with Crippen LogP contribution in [-0.4, -0.2) is 51.3 Å². The molecule has 0 bridgehead atoms. The molecule has 0 aliphatic rings. The van der Waals surface area contributed by atoms with Gasteiger partial charge >= 0.3 is 5.97 Å². The van der Waals surface area contributed by atoms with Crippen molar-refractivity contribution in [1.29, 1.82) is 0 Å². The van der Waals surface area contributed by atoms with Gasteiger partial charge in [-0.2, -0.15) is 15.3 Å². The molecule has 4 aromatic heterocycles. The summed E-state index contributed by atoms with van der Waals surface area (Å²) in [4.78, 5) is 16.7. The van der Waals surface area contributed by atoms with Gasteiger partial charge < -0.3 is 9.84 Å². The van der Waals surface area contributed by atoms with Gasteiger partial charge in [0, 0.05) is 30.4 Å². The summed E-state index contributed by atoms with van der Waals surface area (Å²) >= 11 is 2.31. The van der Waals surface area contributed by atoms with Crippen molar-refractivity contribution < 1.29 is 14.6 Å². The molecule has 186 valence electrons. The van der Waals surface area contributed by atoms with E-state index in [2.05, 4.69) is 32.2 Å². The van der Waals surface area contributed by atoms with E-state index in [4.69, 9.17) is 14.8 Å². The van der Waals surface area contributed by atoms with E-state index in [1.165, 1.54) is 0 Å². The normalized spacial score (nSPS) is 12.1. The fraction of sp³-hybridized carbons (Fsp3) is 0.292. The van der Waals surface area contributed by atoms with Gasteiger partial charge in [-0.1, -0.05) is 6.07 Å². The summed E-state index contributed by atoms with van der Waals surface area (Å²) in [6.45, 7) is 7.89. The fourth-order valence-corrected chi connectivity index (χ4v) is 6.13. The number of aromatic nitrogens is 7. The predicted octanol–water partition coefficient (Wildman–Crippen LogP) is 5.28. The molecule has 36 heavy (non-hydrogen) atoms. The number of benzene rings is 1. The summed E-state index contributed by atoms with van der Waals surface area (Å²) < 4.78 is 11.4. The van der Waals surface area contributed by atoms with Crippen LogP contribution in [0.3, 0.4) is 0 Å². The van der Waals surface area contributed by atoms with Gasteiger partial charge in [0.25, 0.3) is 0 Å². The highest BCUT2D eigenvalue weighted by molar-refractivity contribution is 14.2. The third-order valence-corrected chi connectivity index (χ3v) is 7.87. The van der Waals surface area contributed by atoms with E-state index in [1.807, 2.05) is 63.5 Å². The Bertz CT molecular complexity index is 1670. The summed E-state index contributed by atoms with van der Waals surface area (Å²) in [5.41, 5.74) is 6.56. The molecule has 0 fully saturated rings. The minimum atomic E-state index is -1.06. The number of rotatable bonds is 6. The lowest BCUT2D eigenvalue weighted by Crippen LogP contribution is -2.10. The molecule has 0 amide bonds. The lowest BCUT2D eigenvalue weighted by atomic mass is 10.0. The van der Waals surface area contributed by atoms with Crippen molar-refractivity contribution in [3.05, 3.63) is 41.3 Å². The molecule has 1 atom stereocenters. The Hall–Kier alpha value is -3.05. The van der Waals surface area contributed by atoms with Crippen LogP contribution in [0.15, 0.2) is 24.3 Å². The summed E-state index contributed by atoms with van der Waals surface area (Å²) in [5.74, 6) is -0.393. The number of carboxylic acids is 1. The Labute approximate surface area is 222 Å². The van der Waals surface area contributed by atoms with Crippen molar-refractivity contribution in [2.24, 2.45) is 14.1 Å². The van der Waals surface area contributed by atoms with Crippen molar-refractivity contribution in [2.75, 3.05) is 0 Å². The fourth-order valence-electron chi connectivity index (χ4n) is 4.58. The van der Waals surface area contributed by atoms with Gasteiger partial charge in [-0.05, 0) is 67.9 Å². The number of carbonyl (C=O) groups is 1. The molecule has 0 saturated carbocycles. The number of hydrogen-bond donors (Lipinski definition) is 1. The van der Waals surface area contributed by atoms with Crippen LogP contribution in [0.25, 0.3) is 44.3 Å². The van der Waals surface area contributed by atoms with Gasteiger partial charge in [0.15, 0.2) is 5.69 Å². The molecule has 0 saturated heterocycles.